The summed E-state index contributed by atoms with van der Waals surface area (Å²) >= 11 is 0. The molecule has 0 aliphatic rings. The summed E-state index contributed by atoms with van der Waals surface area (Å²) in [6.07, 6.45) is 0. The lowest BCUT2D eigenvalue weighted by Crippen LogP contribution is -2.24. The third-order valence-corrected chi connectivity index (χ3v) is 5.55. The van der Waals surface area contributed by atoms with Crippen LogP contribution in [0.15, 0.2) is 34.0 Å². The Labute approximate surface area is 139 Å². The standard InChI is InChI=1S/C16H18N4O3S/c1-9-6-13-7-12(4-5-14(13)18-16(9)21)8-17-24(22,23)15-10(2)19-20-11(15)3/h4-7,17H,8H2,1-3H3,(H,18,21)(H,19,20). The highest BCUT2D eigenvalue weighted by Crippen LogP contribution is 2.18. The van der Waals surface area contributed by atoms with Gasteiger partial charge in [-0.3, -0.25) is 9.89 Å². The van der Waals surface area contributed by atoms with Gasteiger partial charge in [-0.05, 0) is 49.9 Å². The number of aromatic amines is 2. The summed E-state index contributed by atoms with van der Waals surface area (Å²) < 4.78 is 27.5. The van der Waals surface area contributed by atoms with Crippen molar-refractivity contribution in [3.05, 3.63) is 57.1 Å². The molecule has 3 N–H and O–H groups in total. The Morgan fingerprint density at radius 2 is 1.92 bits per heavy atom. The van der Waals surface area contributed by atoms with Gasteiger partial charge in [0.15, 0.2) is 0 Å². The Morgan fingerprint density at radius 1 is 1.17 bits per heavy atom. The molecule has 0 atom stereocenters. The summed E-state index contributed by atoms with van der Waals surface area (Å²) in [5, 5.41) is 7.45. The number of rotatable bonds is 4. The number of benzene rings is 1. The second kappa shape index (κ2) is 5.88. The van der Waals surface area contributed by atoms with Gasteiger partial charge in [0.05, 0.1) is 11.4 Å². The molecule has 1 aromatic carbocycles. The highest BCUT2D eigenvalue weighted by atomic mass is 32.2. The third kappa shape index (κ3) is 2.98. The van der Waals surface area contributed by atoms with Crippen LogP contribution < -0.4 is 10.3 Å². The highest BCUT2D eigenvalue weighted by Gasteiger charge is 2.21. The SMILES string of the molecule is Cc1n[nH]c(C)c1S(=O)(=O)NCc1ccc2[nH]c(=O)c(C)cc2c1. The Kier molecular flexibility index (Phi) is 4.02. The third-order valence-electron chi connectivity index (χ3n) is 3.89. The lowest BCUT2D eigenvalue weighted by atomic mass is 10.1. The van der Waals surface area contributed by atoms with Crippen molar-refractivity contribution in [2.75, 3.05) is 0 Å². The van der Waals surface area contributed by atoms with E-state index in [4.69, 9.17) is 0 Å². The van der Waals surface area contributed by atoms with Crippen LogP contribution in [0.3, 0.4) is 0 Å². The summed E-state index contributed by atoms with van der Waals surface area (Å²) in [4.78, 5) is 14.6. The van der Waals surface area contributed by atoms with Crippen molar-refractivity contribution in [3.8, 4) is 0 Å². The monoisotopic (exact) mass is 346 g/mol. The molecule has 0 fully saturated rings. The Balaban J connectivity index is 1.88. The maximum Gasteiger partial charge on any atom is 0.251 e. The van der Waals surface area contributed by atoms with E-state index in [-0.39, 0.29) is 17.0 Å². The quantitative estimate of drug-likeness (QED) is 0.667. The largest absolute Gasteiger partial charge is 0.322 e. The van der Waals surface area contributed by atoms with E-state index in [0.29, 0.717) is 17.0 Å². The van der Waals surface area contributed by atoms with E-state index in [1.807, 2.05) is 6.07 Å². The zero-order valence-electron chi connectivity index (χ0n) is 13.6. The number of nitrogens with zero attached hydrogens (tertiary/aromatic N) is 1. The molecule has 3 rings (SSSR count). The number of aromatic nitrogens is 3. The molecule has 2 heterocycles. The fraction of sp³-hybridized carbons (Fsp3) is 0.250. The molecule has 0 saturated carbocycles. The number of aryl methyl sites for hydroxylation is 3. The maximum absolute atomic E-state index is 12.5. The van der Waals surface area contributed by atoms with Crippen LogP contribution in [0.5, 0.6) is 0 Å². The molecule has 2 aromatic heterocycles. The van der Waals surface area contributed by atoms with Gasteiger partial charge in [-0.25, -0.2) is 13.1 Å². The van der Waals surface area contributed by atoms with E-state index in [2.05, 4.69) is 19.9 Å². The molecule has 0 saturated heterocycles. The summed E-state index contributed by atoms with van der Waals surface area (Å²) in [5.41, 5.74) is 2.96. The fourth-order valence-corrected chi connectivity index (χ4v) is 4.05. The van der Waals surface area contributed by atoms with Crippen molar-refractivity contribution in [3.63, 3.8) is 0 Å². The number of H-pyrrole nitrogens is 2. The Hall–Kier alpha value is -2.45. The Bertz CT molecular complexity index is 1060. The molecule has 24 heavy (non-hydrogen) atoms. The lowest BCUT2D eigenvalue weighted by molar-refractivity contribution is 0.580. The molecule has 0 unspecified atom stereocenters. The molecule has 126 valence electrons. The van der Waals surface area contributed by atoms with Crippen LogP contribution in [-0.4, -0.2) is 23.6 Å². The number of hydrogen-bond acceptors (Lipinski definition) is 4. The summed E-state index contributed by atoms with van der Waals surface area (Å²) in [6, 6.07) is 7.20. The minimum Gasteiger partial charge on any atom is -0.322 e. The van der Waals surface area contributed by atoms with Gasteiger partial charge in [0.1, 0.15) is 4.90 Å². The first-order valence-electron chi connectivity index (χ1n) is 7.42. The van der Waals surface area contributed by atoms with Crippen molar-refractivity contribution in [1.29, 1.82) is 0 Å². The lowest BCUT2D eigenvalue weighted by Gasteiger charge is -2.08. The molecule has 0 bridgehead atoms. The Morgan fingerprint density at radius 3 is 2.58 bits per heavy atom. The number of nitrogens with one attached hydrogen (secondary N) is 3. The summed E-state index contributed by atoms with van der Waals surface area (Å²) in [6.45, 7) is 5.20. The average molecular weight is 346 g/mol. The van der Waals surface area contributed by atoms with Crippen LogP contribution in [0.4, 0.5) is 0 Å². The molecule has 0 amide bonds. The van der Waals surface area contributed by atoms with Crippen molar-refractivity contribution >= 4 is 20.9 Å². The van der Waals surface area contributed by atoms with Crippen molar-refractivity contribution in [2.24, 2.45) is 0 Å². The van der Waals surface area contributed by atoms with Gasteiger partial charge in [-0.1, -0.05) is 6.07 Å². The molecule has 0 aliphatic heterocycles. The van der Waals surface area contributed by atoms with Gasteiger partial charge in [-0.2, -0.15) is 5.10 Å². The minimum absolute atomic E-state index is 0.123. The molecule has 7 nitrogen and oxygen atoms in total. The number of fused-ring (bicyclic) bond motifs is 1. The zero-order valence-corrected chi connectivity index (χ0v) is 14.4. The van der Waals surface area contributed by atoms with Crippen LogP contribution in [-0.2, 0) is 16.6 Å². The van der Waals surface area contributed by atoms with E-state index >= 15 is 0 Å². The fourth-order valence-electron chi connectivity index (χ4n) is 2.66. The number of pyridine rings is 1. The molecular formula is C16H18N4O3S. The normalized spacial score (nSPS) is 12.0. The predicted octanol–water partition coefficient (Wildman–Crippen LogP) is 1.65. The smallest absolute Gasteiger partial charge is 0.251 e. The first-order chi connectivity index (χ1) is 11.3. The second-order valence-corrected chi connectivity index (χ2v) is 7.49. The predicted molar refractivity (Wildman–Crippen MR) is 91.4 cm³/mol. The molecular weight excluding hydrogens is 328 g/mol. The first-order valence-corrected chi connectivity index (χ1v) is 8.90. The maximum atomic E-state index is 12.5. The van der Waals surface area contributed by atoms with E-state index in [1.54, 1.807) is 39.0 Å². The van der Waals surface area contributed by atoms with Gasteiger partial charge < -0.3 is 4.98 Å². The van der Waals surface area contributed by atoms with E-state index < -0.39 is 10.0 Å². The molecule has 3 aromatic rings. The average Bonchev–Trinajstić information content (AvgIpc) is 2.86. The van der Waals surface area contributed by atoms with Gasteiger partial charge in [0.25, 0.3) is 5.56 Å². The van der Waals surface area contributed by atoms with E-state index in [1.165, 1.54) is 0 Å². The number of hydrogen-bond donors (Lipinski definition) is 3. The van der Waals surface area contributed by atoms with Crippen LogP contribution in [0.25, 0.3) is 10.9 Å². The topological polar surface area (TPSA) is 108 Å². The van der Waals surface area contributed by atoms with Crippen LogP contribution in [0, 0.1) is 20.8 Å². The zero-order chi connectivity index (χ0) is 17.5. The molecule has 0 radical (unpaired) electrons. The molecule has 0 spiro atoms. The van der Waals surface area contributed by atoms with Gasteiger partial charge in [0, 0.05) is 17.6 Å². The van der Waals surface area contributed by atoms with E-state index in [0.717, 1.165) is 16.5 Å². The van der Waals surface area contributed by atoms with Gasteiger partial charge >= 0.3 is 0 Å². The number of sulfonamides is 1. The van der Waals surface area contributed by atoms with E-state index in [9.17, 15) is 13.2 Å². The van der Waals surface area contributed by atoms with Gasteiger partial charge in [0.2, 0.25) is 10.0 Å². The second-order valence-electron chi connectivity index (χ2n) is 5.79. The highest BCUT2D eigenvalue weighted by molar-refractivity contribution is 7.89. The minimum atomic E-state index is -3.65. The van der Waals surface area contributed by atoms with Crippen molar-refractivity contribution in [2.45, 2.75) is 32.2 Å². The van der Waals surface area contributed by atoms with Crippen LogP contribution >= 0.6 is 0 Å². The van der Waals surface area contributed by atoms with Crippen molar-refractivity contribution < 1.29 is 8.42 Å². The molecule has 8 heteroatoms. The molecule has 0 aliphatic carbocycles. The van der Waals surface area contributed by atoms with Crippen molar-refractivity contribution in [1.82, 2.24) is 19.9 Å². The van der Waals surface area contributed by atoms with Gasteiger partial charge in [-0.15, -0.1) is 0 Å². The van der Waals surface area contributed by atoms with Crippen LogP contribution in [0.1, 0.15) is 22.5 Å². The summed E-state index contributed by atoms with van der Waals surface area (Å²) in [7, 11) is -3.65. The van der Waals surface area contributed by atoms with Crippen LogP contribution in [0.2, 0.25) is 0 Å². The first kappa shape index (κ1) is 16.4. The summed E-state index contributed by atoms with van der Waals surface area (Å²) in [5.74, 6) is 0.